The van der Waals surface area contributed by atoms with Crippen molar-refractivity contribution in [2.24, 2.45) is 0 Å². The van der Waals surface area contributed by atoms with Gasteiger partial charge >= 0.3 is 0 Å². The van der Waals surface area contributed by atoms with Crippen molar-refractivity contribution in [3.63, 3.8) is 0 Å². The Hall–Kier alpha value is -3.44. The Morgan fingerprint density at radius 2 is 1.75 bits per heavy atom. The zero-order valence-corrected chi connectivity index (χ0v) is 18.9. The molecule has 0 aliphatic rings. The Balaban J connectivity index is 1.61. The number of anilines is 1. The summed E-state index contributed by atoms with van der Waals surface area (Å²) >= 11 is 1.21. The molecule has 32 heavy (non-hydrogen) atoms. The van der Waals surface area contributed by atoms with Crippen LogP contribution in [-0.4, -0.2) is 32.8 Å². The molecule has 0 aliphatic carbocycles. The van der Waals surface area contributed by atoms with Crippen molar-refractivity contribution in [1.29, 1.82) is 0 Å². The van der Waals surface area contributed by atoms with Crippen LogP contribution in [-0.2, 0) is 10.0 Å². The summed E-state index contributed by atoms with van der Waals surface area (Å²) in [5, 5.41) is 3.90. The summed E-state index contributed by atoms with van der Waals surface area (Å²) < 4.78 is 57.4. The summed E-state index contributed by atoms with van der Waals surface area (Å²) in [5.41, 5.74) is 0.906. The van der Waals surface area contributed by atoms with Crippen LogP contribution in [0.4, 0.5) is 10.1 Å². The van der Waals surface area contributed by atoms with Gasteiger partial charge in [-0.2, -0.15) is 4.98 Å². The molecule has 0 fully saturated rings. The number of benzene rings is 2. The van der Waals surface area contributed by atoms with Crippen molar-refractivity contribution in [3.8, 4) is 33.7 Å². The molecule has 0 radical (unpaired) electrons. The number of hydrogen-bond donors (Lipinski definition) is 1. The third-order valence-electron chi connectivity index (χ3n) is 4.54. The fourth-order valence-corrected chi connectivity index (χ4v) is 5.55. The van der Waals surface area contributed by atoms with Gasteiger partial charge in [-0.25, -0.2) is 12.8 Å². The molecule has 0 saturated carbocycles. The molecule has 1 N–H and O–H groups in total. The number of aromatic nitrogens is 2. The monoisotopic (exact) mass is 475 g/mol. The molecular weight excluding hydrogens is 457 g/mol. The van der Waals surface area contributed by atoms with Crippen LogP contribution in [0.25, 0.3) is 22.2 Å². The van der Waals surface area contributed by atoms with Gasteiger partial charge in [0.1, 0.15) is 10.7 Å². The zero-order chi connectivity index (χ0) is 22.9. The number of sulfonamides is 1. The molecule has 2 aromatic heterocycles. The maximum atomic E-state index is 13.1. The quantitative estimate of drug-likeness (QED) is 0.412. The molecule has 0 aliphatic heterocycles. The van der Waals surface area contributed by atoms with E-state index in [1.54, 1.807) is 19.1 Å². The normalized spacial score (nSPS) is 11.4. The molecule has 0 amide bonds. The third kappa shape index (κ3) is 4.30. The Kier molecular flexibility index (Phi) is 5.85. The van der Waals surface area contributed by atoms with Crippen LogP contribution in [0.15, 0.2) is 57.9 Å². The van der Waals surface area contributed by atoms with Gasteiger partial charge < -0.3 is 14.0 Å². The number of nitrogens with one attached hydrogen (secondary N) is 1. The third-order valence-corrected chi connectivity index (χ3v) is 7.21. The van der Waals surface area contributed by atoms with E-state index in [-0.39, 0.29) is 22.4 Å². The number of methoxy groups -OCH3 is 2. The van der Waals surface area contributed by atoms with Crippen LogP contribution in [0.2, 0.25) is 0 Å². The number of ether oxygens (including phenoxy) is 2. The smallest absolute Gasteiger partial charge is 0.268 e. The summed E-state index contributed by atoms with van der Waals surface area (Å²) in [5.74, 6) is 0.958. The maximum absolute atomic E-state index is 13.1. The highest BCUT2D eigenvalue weighted by Crippen LogP contribution is 2.35. The number of nitrogens with zero attached hydrogens (tertiary/aromatic N) is 2. The lowest BCUT2D eigenvalue weighted by Crippen LogP contribution is -2.13. The minimum absolute atomic E-state index is 0.0915. The largest absolute Gasteiger partial charge is 0.493 e. The summed E-state index contributed by atoms with van der Waals surface area (Å²) in [6, 6.07) is 11.9. The molecule has 166 valence electrons. The van der Waals surface area contributed by atoms with Gasteiger partial charge in [0.15, 0.2) is 11.5 Å². The van der Waals surface area contributed by atoms with Gasteiger partial charge in [-0.3, -0.25) is 4.72 Å². The second-order valence-electron chi connectivity index (χ2n) is 6.64. The number of halogens is 1. The summed E-state index contributed by atoms with van der Waals surface area (Å²) in [4.78, 5) is 5.45. The topological polar surface area (TPSA) is 104 Å². The van der Waals surface area contributed by atoms with E-state index in [1.807, 2.05) is 0 Å². The van der Waals surface area contributed by atoms with E-state index in [1.165, 1.54) is 62.0 Å². The number of thiophene rings is 1. The number of rotatable bonds is 7. The van der Waals surface area contributed by atoms with E-state index in [2.05, 4.69) is 14.9 Å². The highest BCUT2D eigenvalue weighted by atomic mass is 32.2. The van der Waals surface area contributed by atoms with Crippen LogP contribution in [0.1, 0.15) is 4.88 Å². The lowest BCUT2D eigenvalue weighted by atomic mass is 10.2. The van der Waals surface area contributed by atoms with Gasteiger partial charge in [-0.05, 0) is 49.4 Å². The van der Waals surface area contributed by atoms with Crippen molar-refractivity contribution >= 4 is 27.0 Å². The molecule has 0 spiro atoms. The first-order chi connectivity index (χ1) is 15.3. The predicted molar refractivity (Wildman–Crippen MR) is 118 cm³/mol. The first-order valence-corrected chi connectivity index (χ1v) is 11.6. The van der Waals surface area contributed by atoms with Gasteiger partial charge in [-0.15, -0.1) is 11.3 Å². The SMILES string of the molecule is COc1ccc(NS(=O)(=O)c2cc(-c3nc(-c4ccc(F)cc4)no3)sc2C)cc1OC. The van der Waals surface area contributed by atoms with Gasteiger partial charge in [-0.1, -0.05) is 5.16 Å². The molecule has 2 heterocycles. The van der Waals surface area contributed by atoms with Gasteiger partial charge in [0.25, 0.3) is 15.9 Å². The molecule has 0 atom stereocenters. The zero-order valence-electron chi connectivity index (χ0n) is 17.2. The average Bonchev–Trinajstić information content (AvgIpc) is 3.41. The molecule has 4 rings (SSSR count). The molecule has 0 bridgehead atoms. The fourth-order valence-electron chi connectivity index (χ4n) is 2.99. The minimum atomic E-state index is -3.89. The molecule has 4 aromatic rings. The molecule has 0 saturated heterocycles. The fraction of sp³-hybridized carbons (Fsp3) is 0.143. The summed E-state index contributed by atoms with van der Waals surface area (Å²) in [7, 11) is -0.928. The molecule has 11 heteroatoms. The van der Waals surface area contributed by atoms with Crippen molar-refractivity contribution in [2.75, 3.05) is 18.9 Å². The van der Waals surface area contributed by atoms with Crippen molar-refractivity contribution < 1.29 is 26.8 Å². The van der Waals surface area contributed by atoms with Crippen molar-refractivity contribution in [3.05, 3.63) is 59.2 Å². The van der Waals surface area contributed by atoms with Gasteiger partial charge in [0, 0.05) is 16.5 Å². The van der Waals surface area contributed by atoms with Gasteiger partial charge in [0.05, 0.1) is 24.8 Å². The summed E-state index contributed by atoms with van der Waals surface area (Å²) in [6.07, 6.45) is 0. The minimum Gasteiger partial charge on any atom is -0.493 e. The highest BCUT2D eigenvalue weighted by Gasteiger charge is 2.23. The van der Waals surface area contributed by atoms with Crippen molar-refractivity contribution in [1.82, 2.24) is 10.1 Å². The first kappa shape index (κ1) is 21.8. The standard InChI is InChI=1S/C21H18FN3O5S2/c1-12-19(32(26,27)25-15-8-9-16(28-2)17(10-15)29-3)11-18(31-12)21-23-20(24-30-21)13-4-6-14(22)7-5-13/h4-11,25H,1-3H3. The molecule has 0 unspecified atom stereocenters. The van der Waals surface area contributed by atoms with Crippen LogP contribution >= 0.6 is 11.3 Å². The second-order valence-corrected chi connectivity index (χ2v) is 9.54. The molecular formula is C21H18FN3O5S2. The Bertz CT molecular complexity index is 1360. The van der Waals surface area contributed by atoms with Crippen LogP contribution < -0.4 is 14.2 Å². The number of aryl methyl sites for hydroxylation is 1. The maximum Gasteiger partial charge on any atom is 0.268 e. The van der Waals surface area contributed by atoms with Gasteiger partial charge in [0.2, 0.25) is 5.82 Å². The van der Waals surface area contributed by atoms with E-state index in [0.717, 1.165) is 0 Å². The Morgan fingerprint density at radius 3 is 2.44 bits per heavy atom. The average molecular weight is 476 g/mol. The lowest BCUT2D eigenvalue weighted by Gasteiger charge is -2.11. The second kappa shape index (κ2) is 8.60. The Labute approximate surface area is 187 Å². The number of hydrogen-bond acceptors (Lipinski definition) is 8. The molecule has 8 nitrogen and oxygen atoms in total. The van der Waals surface area contributed by atoms with E-state index < -0.39 is 10.0 Å². The van der Waals surface area contributed by atoms with Crippen molar-refractivity contribution in [2.45, 2.75) is 11.8 Å². The van der Waals surface area contributed by atoms with Crippen LogP contribution in [0, 0.1) is 12.7 Å². The lowest BCUT2D eigenvalue weighted by molar-refractivity contribution is 0.355. The van der Waals surface area contributed by atoms with Crippen LogP contribution in [0.3, 0.4) is 0 Å². The van der Waals surface area contributed by atoms with E-state index in [9.17, 15) is 12.8 Å². The van der Waals surface area contributed by atoms with E-state index in [0.29, 0.717) is 32.5 Å². The van der Waals surface area contributed by atoms with E-state index in [4.69, 9.17) is 14.0 Å². The van der Waals surface area contributed by atoms with Crippen LogP contribution in [0.5, 0.6) is 11.5 Å². The highest BCUT2D eigenvalue weighted by molar-refractivity contribution is 7.93. The first-order valence-electron chi connectivity index (χ1n) is 9.26. The summed E-state index contributed by atoms with van der Waals surface area (Å²) in [6.45, 7) is 1.69. The molecule has 2 aromatic carbocycles. The Morgan fingerprint density at radius 1 is 1.03 bits per heavy atom. The van der Waals surface area contributed by atoms with E-state index >= 15 is 0 Å². The predicted octanol–water partition coefficient (Wildman–Crippen LogP) is 4.73.